The summed E-state index contributed by atoms with van der Waals surface area (Å²) in [4.78, 5) is 0. The molecule has 0 amide bonds. The van der Waals surface area contributed by atoms with E-state index in [0.29, 0.717) is 4.32 Å². The van der Waals surface area contributed by atoms with Crippen LogP contribution in [0.15, 0.2) is 30.9 Å². The molecule has 0 radical (unpaired) electrons. The van der Waals surface area contributed by atoms with Crippen LogP contribution in [0.4, 0.5) is 5.69 Å². The van der Waals surface area contributed by atoms with E-state index in [0.717, 1.165) is 22.0 Å². The zero-order valence-electron chi connectivity index (χ0n) is 8.42. The summed E-state index contributed by atoms with van der Waals surface area (Å²) in [5, 5.41) is 3.82. The molecule has 15 heavy (non-hydrogen) atoms. The van der Waals surface area contributed by atoms with E-state index < -0.39 is 0 Å². The second kappa shape index (κ2) is 6.16. The summed E-state index contributed by atoms with van der Waals surface area (Å²) in [6, 6.07) is 5.83. The van der Waals surface area contributed by atoms with Crippen molar-refractivity contribution in [3.63, 3.8) is 0 Å². The Labute approximate surface area is 105 Å². The molecule has 0 aliphatic rings. The summed E-state index contributed by atoms with van der Waals surface area (Å²) >= 11 is 12.8. The molecule has 4 heteroatoms. The van der Waals surface area contributed by atoms with E-state index in [-0.39, 0.29) is 0 Å². The first-order valence-electron chi connectivity index (χ1n) is 4.45. The lowest BCUT2D eigenvalue weighted by atomic mass is 10.2. The van der Waals surface area contributed by atoms with Gasteiger partial charge < -0.3 is 5.32 Å². The van der Waals surface area contributed by atoms with Crippen LogP contribution >= 0.6 is 35.6 Å². The molecule has 1 aromatic rings. The van der Waals surface area contributed by atoms with Crippen molar-refractivity contribution < 1.29 is 0 Å². The van der Waals surface area contributed by atoms with E-state index in [1.165, 1.54) is 11.8 Å². The van der Waals surface area contributed by atoms with Crippen LogP contribution in [0, 0.1) is 6.92 Å². The first-order valence-corrected chi connectivity index (χ1v) is 6.22. The monoisotopic (exact) mass is 257 g/mol. The topological polar surface area (TPSA) is 12.0 Å². The zero-order valence-corrected chi connectivity index (χ0v) is 10.8. The van der Waals surface area contributed by atoms with Crippen molar-refractivity contribution >= 4 is 45.6 Å². The number of thioether (sulfide) groups is 1. The summed E-state index contributed by atoms with van der Waals surface area (Å²) in [6.07, 6.45) is 1.82. The standard InChI is InChI=1S/C11H12ClNS2/c1-3-7-15-11(14)13-9-6-4-5-8(2)10(9)12/h3-6H,1,7H2,2H3,(H,13,14). The fraction of sp³-hybridized carbons (Fsp3) is 0.182. The maximum atomic E-state index is 6.12. The van der Waals surface area contributed by atoms with Crippen LogP contribution in [0.5, 0.6) is 0 Å². The van der Waals surface area contributed by atoms with E-state index in [2.05, 4.69) is 11.9 Å². The predicted molar refractivity (Wildman–Crippen MR) is 75.1 cm³/mol. The molecule has 1 aromatic carbocycles. The number of halogens is 1. The van der Waals surface area contributed by atoms with Crippen molar-refractivity contribution in [1.82, 2.24) is 0 Å². The smallest absolute Gasteiger partial charge is 0.138 e. The molecule has 0 saturated carbocycles. The third kappa shape index (κ3) is 3.86. The van der Waals surface area contributed by atoms with Crippen molar-refractivity contribution in [3.05, 3.63) is 41.4 Å². The van der Waals surface area contributed by atoms with Gasteiger partial charge in [-0.2, -0.15) is 0 Å². The first-order chi connectivity index (χ1) is 7.15. The van der Waals surface area contributed by atoms with Gasteiger partial charge in [-0.15, -0.1) is 6.58 Å². The van der Waals surface area contributed by atoms with Crippen molar-refractivity contribution in [2.45, 2.75) is 6.92 Å². The number of thiocarbonyl (C=S) groups is 1. The van der Waals surface area contributed by atoms with Crippen LogP contribution in [0.2, 0.25) is 5.02 Å². The van der Waals surface area contributed by atoms with Gasteiger partial charge in [-0.05, 0) is 18.6 Å². The maximum Gasteiger partial charge on any atom is 0.138 e. The Kier molecular flexibility index (Phi) is 5.15. The third-order valence-electron chi connectivity index (χ3n) is 1.76. The van der Waals surface area contributed by atoms with E-state index in [9.17, 15) is 0 Å². The minimum absolute atomic E-state index is 0.711. The van der Waals surface area contributed by atoms with Crippen LogP contribution in [0.1, 0.15) is 5.56 Å². The number of anilines is 1. The second-order valence-electron chi connectivity index (χ2n) is 2.95. The molecule has 0 bridgehead atoms. The van der Waals surface area contributed by atoms with Crippen molar-refractivity contribution in [3.8, 4) is 0 Å². The van der Waals surface area contributed by atoms with Gasteiger partial charge in [0, 0.05) is 5.75 Å². The largest absolute Gasteiger partial charge is 0.340 e. The van der Waals surface area contributed by atoms with Gasteiger partial charge in [0.25, 0.3) is 0 Å². The Morgan fingerprint density at radius 1 is 1.67 bits per heavy atom. The average molecular weight is 258 g/mol. The molecular formula is C11H12ClNS2. The molecule has 0 aliphatic carbocycles. The van der Waals surface area contributed by atoms with Gasteiger partial charge in [-0.25, -0.2) is 0 Å². The maximum absolute atomic E-state index is 6.12. The lowest BCUT2D eigenvalue weighted by Gasteiger charge is -2.09. The molecule has 0 aromatic heterocycles. The minimum atomic E-state index is 0.711. The quantitative estimate of drug-likeness (QED) is 0.642. The Morgan fingerprint density at radius 3 is 3.07 bits per heavy atom. The minimum Gasteiger partial charge on any atom is -0.340 e. The highest BCUT2D eigenvalue weighted by atomic mass is 35.5. The number of nitrogens with one attached hydrogen (secondary N) is 1. The number of aryl methyl sites for hydroxylation is 1. The van der Waals surface area contributed by atoms with Gasteiger partial charge in [-0.1, -0.05) is 53.8 Å². The Balaban J connectivity index is 2.68. The van der Waals surface area contributed by atoms with Gasteiger partial charge in [0.15, 0.2) is 0 Å². The number of hydrogen-bond acceptors (Lipinski definition) is 2. The summed E-state index contributed by atoms with van der Waals surface area (Å²) in [5.41, 5.74) is 1.90. The van der Waals surface area contributed by atoms with E-state index in [1.807, 2.05) is 31.2 Å². The fourth-order valence-corrected chi connectivity index (χ4v) is 1.96. The number of hydrogen-bond donors (Lipinski definition) is 1. The van der Waals surface area contributed by atoms with Crippen molar-refractivity contribution in [2.75, 3.05) is 11.1 Å². The van der Waals surface area contributed by atoms with Crippen LogP contribution in [0.3, 0.4) is 0 Å². The molecule has 0 fully saturated rings. The fourth-order valence-electron chi connectivity index (χ4n) is 1.02. The van der Waals surface area contributed by atoms with E-state index in [1.54, 1.807) is 0 Å². The molecular weight excluding hydrogens is 246 g/mol. The van der Waals surface area contributed by atoms with Gasteiger partial charge in [-0.3, -0.25) is 0 Å². The van der Waals surface area contributed by atoms with Crippen LogP contribution in [-0.2, 0) is 0 Å². The molecule has 0 atom stereocenters. The lowest BCUT2D eigenvalue weighted by molar-refractivity contribution is 1.47. The van der Waals surface area contributed by atoms with E-state index in [4.69, 9.17) is 23.8 Å². The summed E-state index contributed by atoms with van der Waals surface area (Å²) in [5.74, 6) is 0.801. The average Bonchev–Trinajstić information content (AvgIpc) is 2.22. The highest BCUT2D eigenvalue weighted by Gasteiger charge is 2.04. The molecule has 1 nitrogen and oxygen atoms in total. The highest BCUT2D eigenvalue weighted by molar-refractivity contribution is 8.23. The van der Waals surface area contributed by atoms with E-state index >= 15 is 0 Å². The summed E-state index contributed by atoms with van der Waals surface area (Å²) < 4.78 is 0.711. The van der Waals surface area contributed by atoms with Gasteiger partial charge >= 0.3 is 0 Å². The number of rotatable bonds is 3. The highest BCUT2D eigenvalue weighted by Crippen LogP contribution is 2.26. The van der Waals surface area contributed by atoms with Gasteiger partial charge in [0.2, 0.25) is 0 Å². The molecule has 80 valence electrons. The van der Waals surface area contributed by atoms with Crippen LogP contribution in [-0.4, -0.2) is 10.1 Å². The summed E-state index contributed by atoms with van der Waals surface area (Å²) in [6.45, 7) is 5.60. The van der Waals surface area contributed by atoms with Crippen molar-refractivity contribution in [1.29, 1.82) is 0 Å². The second-order valence-corrected chi connectivity index (χ2v) is 5.02. The normalized spacial score (nSPS) is 9.73. The lowest BCUT2D eigenvalue weighted by Crippen LogP contribution is -2.05. The predicted octanol–water partition coefficient (Wildman–Crippen LogP) is 4.26. The number of benzene rings is 1. The first kappa shape index (κ1) is 12.6. The van der Waals surface area contributed by atoms with Crippen LogP contribution < -0.4 is 5.32 Å². The van der Waals surface area contributed by atoms with Gasteiger partial charge in [0.1, 0.15) is 4.32 Å². The Morgan fingerprint density at radius 2 is 2.40 bits per heavy atom. The summed E-state index contributed by atoms with van der Waals surface area (Å²) in [7, 11) is 0. The van der Waals surface area contributed by atoms with Gasteiger partial charge in [0.05, 0.1) is 10.7 Å². The Hall–Kier alpha value is -0.510. The zero-order chi connectivity index (χ0) is 11.3. The Bertz CT molecular complexity index is 377. The molecule has 0 aliphatic heterocycles. The van der Waals surface area contributed by atoms with Crippen LogP contribution in [0.25, 0.3) is 0 Å². The SMILES string of the molecule is C=CCSC(=S)Nc1cccc(C)c1Cl. The molecule has 0 spiro atoms. The molecule has 0 saturated heterocycles. The van der Waals surface area contributed by atoms with Crippen molar-refractivity contribution in [2.24, 2.45) is 0 Å². The molecule has 0 heterocycles. The molecule has 1 N–H and O–H groups in total. The molecule has 1 rings (SSSR count). The molecule has 0 unspecified atom stereocenters. The third-order valence-corrected chi connectivity index (χ3v) is 3.48.